The molecule has 1 fully saturated rings. The average molecular weight is 298 g/mol. The SMILES string of the molecule is COC1CC2(C1)C[C@H](N)c1cc(Br)ccc1O2. The average Bonchev–Trinajstić information content (AvgIpc) is 2.26. The molecule has 4 heteroatoms. The molecule has 0 aromatic heterocycles. The molecule has 17 heavy (non-hydrogen) atoms. The molecule has 1 aliphatic carbocycles. The zero-order chi connectivity index (χ0) is 12.0. The predicted octanol–water partition coefficient (Wildman–Crippen LogP) is 2.78. The van der Waals surface area contributed by atoms with E-state index in [-0.39, 0.29) is 11.6 Å². The second-order valence-electron chi connectivity index (χ2n) is 5.04. The highest BCUT2D eigenvalue weighted by Gasteiger charge is 2.50. The number of halogens is 1. The van der Waals surface area contributed by atoms with E-state index in [9.17, 15) is 0 Å². The fraction of sp³-hybridized carbons (Fsp3) is 0.538. The molecule has 92 valence electrons. The summed E-state index contributed by atoms with van der Waals surface area (Å²) in [4.78, 5) is 0. The van der Waals surface area contributed by atoms with E-state index >= 15 is 0 Å². The number of fused-ring (bicyclic) bond motifs is 1. The second-order valence-corrected chi connectivity index (χ2v) is 5.96. The smallest absolute Gasteiger partial charge is 0.124 e. The van der Waals surface area contributed by atoms with Gasteiger partial charge < -0.3 is 15.2 Å². The Hall–Kier alpha value is -0.580. The van der Waals surface area contributed by atoms with Crippen LogP contribution in [0.1, 0.15) is 30.9 Å². The number of benzene rings is 1. The van der Waals surface area contributed by atoms with Gasteiger partial charge in [-0.2, -0.15) is 0 Å². The molecule has 0 radical (unpaired) electrons. The fourth-order valence-corrected chi connectivity index (χ4v) is 3.25. The van der Waals surface area contributed by atoms with Crippen molar-refractivity contribution in [3.63, 3.8) is 0 Å². The minimum atomic E-state index is -0.0824. The molecule has 0 saturated heterocycles. The van der Waals surface area contributed by atoms with Gasteiger partial charge in [0.15, 0.2) is 0 Å². The Bertz CT molecular complexity index is 443. The predicted molar refractivity (Wildman–Crippen MR) is 69.1 cm³/mol. The Balaban J connectivity index is 1.87. The maximum Gasteiger partial charge on any atom is 0.124 e. The normalized spacial score (nSPS) is 35.0. The summed E-state index contributed by atoms with van der Waals surface area (Å²) in [7, 11) is 1.76. The van der Waals surface area contributed by atoms with Gasteiger partial charge in [-0.15, -0.1) is 0 Å². The number of hydrogen-bond donors (Lipinski definition) is 1. The van der Waals surface area contributed by atoms with Crippen molar-refractivity contribution in [2.24, 2.45) is 5.73 Å². The van der Waals surface area contributed by atoms with E-state index in [4.69, 9.17) is 15.2 Å². The molecule has 3 nitrogen and oxygen atoms in total. The summed E-state index contributed by atoms with van der Waals surface area (Å²) in [5.41, 5.74) is 7.27. The summed E-state index contributed by atoms with van der Waals surface area (Å²) in [6, 6.07) is 6.12. The summed E-state index contributed by atoms with van der Waals surface area (Å²) in [5, 5.41) is 0. The van der Waals surface area contributed by atoms with Gasteiger partial charge in [0.1, 0.15) is 11.4 Å². The standard InChI is InChI=1S/C13H16BrNO2/c1-16-9-5-13(6-9)7-11(15)10-4-8(14)2-3-12(10)17-13/h2-4,9,11H,5-7,15H2,1H3/t9?,11-,13?/m0/s1. The first-order chi connectivity index (χ1) is 8.12. The van der Waals surface area contributed by atoms with Crippen LogP contribution < -0.4 is 10.5 Å². The summed E-state index contributed by atoms with van der Waals surface area (Å²) in [6.45, 7) is 0. The second kappa shape index (κ2) is 3.97. The Morgan fingerprint density at radius 3 is 2.88 bits per heavy atom. The molecule has 0 amide bonds. The molecule has 1 atom stereocenters. The highest BCUT2D eigenvalue weighted by Crippen LogP contribution is 2.49. The monoisotopic (exact) mass is 297 g/mol. The molecule has 2 aliphatic rings. The molecule has 1 saturated carbocycles. The number of ether oxygens (including phenoxy) is 2. The maximum atomic E-state index is 6.25. The lowest BCUT2D eigenvalue weighted by molar-refractivity contribution is -0.124. The van der Waals surface area contributed by atoms with E-state index < -0.39 is 0 Å². The van der Waals surface area contributed by atoms with Crippen molar-refractivity contribution in [2.75, 3.05) is 7.11 Å². The number of methoxy groups -OCH3 is 1. The third-order valence-corrected chi connectivity index (χ3v) is 4.32. The van der Waals surface area contributed by atoms with Crippen molar-refractivity contribution in [2.45, 2.75) is 37.0 Å². The third kappa shape index (κ3) is 1.88. The van der Waals surface area contributed by atoms with E-state index in [1.165, 1.54) is 0 Å². The van der Waals surface area contributed by atoms with Gasteiger partial charge in [-0.25, -0.2) is 0 Å². The van der Waals surface area contributed by atoms with Crippen LogP contribution in [-0.4, -0.2) is 18.8 Å². The first kappa shape index (κ1) is 11.5. The Labute approximate surface area is 109 Å². The van der Waals surface area contributed by atoms with E-state index in [0.29, 0.717) is 6.10 Å². The minimum Gasteiger partial charge on any atom is -0.487 e. The van der Waals surface area contributed by atoms with E-state index in [1.54, 1.807) is 7.11 Å². The summed E-state index contributed by atoms with van der Waals surface area (Å²) in [6.07, 6.45) is 3.12. The van der Waals surface area contributed by atoms with Gasteiger partial charge >= 0.3 is 0 Å². The molecule has 1 heterocycles. The molecule has 0 unspecified atom stereocenters. The van der Waals surface area contributed by atoms with E-state index in [0.717, 1.165) is 35.0 Å². The van der Waals surface area contributed by atoms with Crippen LogP contribution in [0.4, 0.5) is 0 Å². The van der Waals surface area contributed by atoms with Crippen molar-refractivity contribution in [3.8, 4) is 5.75 Å². The molecule has 1 spiro atoms. The first-order valence-electron chi connectivity index (χ1n) is 5.89. The Morgan fingerprint density at radius 2 is 2.18 bits per heavy atom. The molecular formula is C13H16BrNO2. The quantitative estimate of drug-likeness (QED) is 0.867. The van der Waals surface area contributed by atoms with Gasteiger partial charge in [0.05, 0.1) is 6.10 Å². The topological polar surface area (TPSA) is 44.5 Å². The summed E-state index contributed by atoms with van der Waals surface area (Å²) >= 11 is 3.47. The number of hydrogen-bond acceptors (Lipinski definition) is 3. The molecule has 1 aliphatic heterocycles. The van der Waals surface area contributed by atoms with Crippen molar-refractivity contribution in [3.05, 3.63) is 28.2 Å². The molecular weight excluding hydrogens is 282 g/mol. The van der Waals surface area contributed by atoms with Gasteiger partial charge in [0.25, 0.3) is 0 Å². The lowest BCUT2D eigenvalue weighted by Crippen LogP contribution is -2.55. The Morgan fingerprint density at radius 1 is 1.41 bits per heavy atom. The summed E-state index contributed by atoms with van der Waals surface area (Å²) in [5.74, 6) is 0.932. The first-order valence-corrected chi connectivity index (χ1v) is 6.68. The van der Waals surface area contributed by atoms with Gasteiger partial charge in [-0.3, -0.25) is 0 Å². The molecule has 1 aromatic carbocycles. The highest BCUT2D eigenvalue weighted by molar-refractivity contribution is 9.10. The lowest BCUT2D eigenvalue weighted by atomic mass is 9.71. The zero-order valence-electron chi connectivity index (χ0n) is 9.78. The number of nitrogens with two attached hydrogens (primary N) is 1. The van der Waals surface area contributed by atoms with Crippen LogP contribution in [0, 0.1) is 0 Å². The summed E-state index contributed by atoms with van der Waals surface area (Å²) < 4.78 is 12.5. The van der Waals surface area contributed by atoms with E-state index in [2.05, 4.69) is 22.0 Å². The minimum absolute atomic E-state index is 0.0639. The van der Waals surface area contributed by atoms with Gasteiger partial charge in [0.2, 0.25) is 0 Å². The molecule has 1 aromatic rings. The van der Waals surface area contributed by atoms with Crippen LogP contribution >= 0.6 is 15.9 Å². The third-order valence-electron chi connectivity index (χ3n) is 3.82. The fourth-order valence-electron chi connectivity index (χ4n) is 2.87. The maximum absolute atomic E-state index is 6.25. The zero-order valence-corrected chi connectivity index (χ0v) is 11.4. The van der Waals surface area contributed by atoms with Crippen LogP contribution in [-0.2, 0) is 4.74 Å². The highest BCUT2D eigenvalue weighted by atomic mass is 79.9. The van der Waals surface area contributed by atoms with Crippen LogP contribution in [0.3, 0.4) is 0 Å². The lowest BCUT2D eigenvalue weighted by Gasteiger charge is -2.50. The molecule has 3 rings (SSSR count). The Kier molecular flexibility index (Phi) is 2.69. The van der Waals surface area contributed by atoms with Gasteiger partial charge in [-0.05, 0) is 18.2 Å². The van der Waals surface area contributed by atoms with Gasteiger partial charge in [-0.1, -0.05) is 15.9 Å². The molecule has 2 N–H and O–H groups in total. The van der Waals surface area contributed by atoms with Gasteiger partial charge in [0, 0.05) is 42.5 Å². The van der Waals surface area contributed by atoms with Crippen LogP contribution in [0.15, 0.2) is 22.7 Å². The van der Waals surface area contributed by atoms with Crippen molar-refractivity contribution < 1.29 is 9.47 Å². The molecule has 0 bridgehead atoms. The van der Waals surface area contributed by atoms with E-state index in [1.807, 2.05) is 12.1 Å². The number of rotatable bonds is 1. The van der Waals surface area contributed by atoms with Crippen molar-refractivity contribution in [1.82, 2.24) is 0 Å². The van der Waals surface area contributed by atoms with Crippen molar-refractivity contribution in [1.29, 1.82) is 0 Å². The van der Waals surface area contributed by atoms with Crippen molar-refractivity contribution >= 4 is 15.9 Å². The van der Waals surface area contributed by atoms with Crippen LogP contribution in [0.5, 0.6) is 5.75 Å². The van der Waals surface area contributed by atoms with Crippen LogP contribution in [0.25, 0.3) is 0 Å². The van der Waals surface area contributed by atoms with Crippen LogP contribution in [0.2, 0.25) is 0 Å². The largest absolute Gasteiger partial charge is 0.487 e.